The molecule has 0 N–H and O–H groups in total. The van der Waals surface area contributed by atoms with Gasteiger partial charge in [0.25, 0.3) is 0 Å². The van der Waals surface area contributed by atoms with Crippen molar-refractivity contribution in [1.29, 1.82) is 0 Å². The quantitative estimate of drug-likeness (QED) is 0.810. The second-order valence-electron chi connectivity index (χ2n) is 8.28. The number of likely N-dealkylation sites (tertiary alicyclic amines) is 1. The third kappa shape index (κ3) is 3.46. The summed E-state index contributed by atoms with van der Waals surface area (Å²) in [6, 6.07) is 0.0920. The lowest BCUT2D eigenvalue weighted by atomic mass is 10.0. The van der Waals surface area contributed by atoms with Crippen molar-refractivity contribution in [3.63, 3.8) is 0 Å². The van der Waals surface area contributed by atoms with E-state index in [-0.39, 0.29) is 6.04 Å². The highest BCUT2D eigenvalue weighted by atomic mass is 16.2. The van der Waals surface area contributed by atoms with Crippen LogP contribution in [0.5, 0.6) is 0 Å². The van der Waals surface area contributed by atoms with Crippen LogP contribution in [0, 0.1) is 5.92 Å². The molecule has 26 heavy (non-hydrogen) atoms. The predicted molar refractivity (Wildman–Crippen MR) is 101 cm³/mol. The summed E-state index contributed by atoms with van der Waals surface area (Å²) in [4.78, 5) is 19.3. The fourth-order valence-corrected chi connectivity index (χ4v) is 4.84. The van der Waals surface area contributed by atoms with Gasteiger partial charge in [-0.15, -0.1) is 10.2 Å². The van der Waals surface area contributed by atoms with Gasteiger partial charge < -0.3 is 14.4 Å². The number of piperazine rings is 1. The lowest BCUT2D eigenvalue weighted by Crippen LogP contribution is -2.53. The highest BCUT2D eigenvalue weighted by Gasteiger charge is 2.33. The Hall–Kier alpha value is -1.63. The largest absolute Gasteiger partial charge is 0.338 e. The number of carbonyl (C=O) groups is 1. The molecule has 1 aliphatic carbocycles. The first-order chi connectivity index (χ1) is 12.6. The van der Waals surface area contributed by atoms with Crippen LogP contribution in [0.1, 0.15) is 44.3 Å². The molecule has 0 bridgehead atoms. The molecule has 2 aliphatic heterocycles. The van der Waals surface area contributed by atoms with Gasteiger partial charge >= 0.3 is 0 Å². The van der Waals surface area contributed by atoms with Gasteiger partial charge in [-0.1, -0.05) is 25.7 Å². The van der Waals surface area contributed by atoms with Crippen molar-refractivity contribution in [3.05, 3.63) is 5.82 Å². The maximum atomic E-state index is 12.8. The number of hydrogen-bond donors (Lipinski definition) is 0. The number of carbonyl (C=O) groups excluding carboxylic acids is 1. The van der Waals surface area contributed by atoms with Crippen LogP contribution >= 0.6 is 0 Å². The van der Waals surface area contributed by atoms with Crippen LogP contribution in [-0.4, -0.2) is 76.3 Å². The van der Waals surface area contributed by atoms with Gasteiger partial charge in [0.05, 0.1) is 6.04 Å². The summed E-state index contributed by atoms with van der Waals surface area (Å²) in [5.74, 6) is 3.16. The molecule has 1 unspecified atom stereocenters. The fourth-order valence-electron chi connectivity index (χ4n) is 4.84. The minimum atomic E-state index is 0.0920. The molecule has 1 aromatic rings. The SMILES string of the molecule is CN1CCCC1C(=O)N1CCN(c2nnc(CC3CCCC3)n2C)CC1. The molecule has 0 spiro atoms. The van der Waals surface area contributed by atoms with Crippen LogP contribution in [0.15, 0.2) is 0 Å². The standard InChI is InChI=1S/C19H32N6O/c1-22-9-5-8-16(22)18(26)24-10-12-25(13-11-24)19-21-20-17(23(19)2)14-15-6-3-4-7-15/h15-16H,3-14H2,1-2H3. The molecule has 1 aromatic heterocycles. The Bertz CT molecular complexity index is 630. The van der Waals surface area contributed by atoms with E-state index < -0.39 is 0 Å². The van der Waals surface area contributed by atoms with Gasteiger partial charge in [0, 0.05) is 39.6 Å². The third-order valence-electron chi connectivity index (χ3n) is 6.57. The summed E-state index contributed by atoms with van der Waals surface area (Å²) in [7, 11) is 4.15. The zero-order chi connectivity index (χ0) is 18.1. The van der Waals surface area contributed by atoms with E-state index in [2.05, 4.69) is 38.7 Å². The number of anilines is 1. The van der Waals surface area contributed by atoms with Crippen LogP contribution in [0.25, 0.3) is 0 Å². The van der Waals surface area contributed by atoms with Crippen LogP contribution in [0.4, 0.5) is 5.95 Å². The zero-order valence-corrected chi connectivity index (χ0v) is 16.2. The first-order valence-electron chi connectivity index (χ1n) is 10.3. The Morgan fingerprint density at radius 1 is 0.962 bits per heavy atom. The number of amides is 1. The molecule has 144 valence electrons. The van der Waals surface area contributed by atoms with Crippen LogP contribution < -0.4 is 4.90 Å². The van der Waals surface area contributed by atoms with E-state index in [1.165, 1.54) is 25.7 Å². The first kappa shape index (κ1) is 17.8. The van der Waals surface area contributed by atoms with E-state index in [0.29, 0.717) is 5.91 Å². The maximum absolute atomic E-state index is 12.8. The summed E-state index contributed by atoms with van der Waals surface area (Å²) in [5, 5.41) is 8.93. The molecule has 1 amide bonds. The minimum Gasteiger partial charge on any atom is -0.338 e. The molecular weight excluding hydrogens is 328 g/mol. The maximum Gasteiger partial charge on any atom is 0.240 e. The van der Waals surface area contributed by atoms with E-state index >= 15 is 0 Å². The van der Waals surface area contributed by atoms with Crippen LogP contribution in [-0.2, 0) is 18.3 Å². The average molecular weight is 361 g/mol. The topological polar surface area (TPSA) is 57.5 Å². The monoisotopic (exact) mass is 360 g/mol. The van der Waals surface area contributed by atoms with Gasteiger partial charge in [-0.05, 0) is 32.4 Å². The number of aromatic nitrogens is 3. The Morgan fingerprint density at radius 3 is 2.35 bits per heavy atom. The predicted octanol–water partition coefficient (Wildman–Crippen LogP) is 1.29. The third-order valence-corrected chi connectivity index (χ3v) is 6.57. The van der Waals surface area contributed by atoms with E-state index in [1.807, 2.05) is 4.90 Å². The van der Waals surface area contributed by atoms with E-state index in [9.17, 15) is 4.79 Å². The van der Waals surface area contributed by atoms with E-state index in [4.69, 9.17) is 0 Å². The van der Waals surface area contributed by atoms with Crippen molar-refractivity contribution >= 4 is 11.9 Å². The number of hydrogen-bond acceptors (Lipinski definition) is 5. The van der Waals surface area contributed by atoms with Crippen molar-refractivity contribution < 1.29 is 4.79 Å². The highest BCUT2D eigenvalue weighted by molar-refractivity contribution is 5.82. The Kier molecular flexibility index (Phi) is 5.16. The molecule has 2 saturated heterocycles. The molecule has 3 fully saturated rings. The number of rotatable bonds is 4. The lowest BCUT2D eigenvalue weighted by molar-refractivity contribution is -0.135. The molecule has 3 aliphatic rings. The van der Waals surface area contributed by atoms with E-state index in [1.54, 1.807) is 0 Å². The van der Waals surface area contributed by atoms with Crippen molar-refractivity contribution in [2.45, 2.75) is 51.0 Å². The van der Waals surface area contributed by atoms with Gasteiger partial charge in [-0.25, -0.2) is 0 Å². The molecule has 7 nitrogen and oxygen atoms in total. The summed E-state index contributed by atoms with van der Waals surface area (Å²) >= 11 is 0. The lowest BCUT2D eigenvalue weighted by Gasteiger charge is -2.37. The van der Waals surface area contributed by atoms with Gasteiger partial charge in [-0.2, -0.15) is 0 Å². The van der Waals surface area contributed by atoms with Gasteiger partial charge in [0.2, 0.25) is 11.9 Å². The summed E-state index contributed by atoms with van der Waals surface area (Å²) in [6.07, 6.45) is 8.58. The molecular formula is C19H32N6O. The van der Waals surface area contributed by atoms with Crippen molar-refractivity contribution in [2.75, 3.05) is 44.7 Å². The molecule has 1 atom stereocenters. The Labute approximate surface area is 156 Å². The highest BCUT2D eigenvalue weighted by Crippen LogP contribution is 2.28. The van der Waals surface area contributed by atoms with Gasteiger partial charge in [0.1, 0.15) is 5.82 Å². The number of likely N-dealkylation sites (N-methyl/N-ethyl adjacent to an activating group) is 1. The molecule has 0 radical (unpaired) electrons. The Morgan fingerprint density at radius 2 is 1.69 bits per heavy atom. The van der Waals surface area contributed by atoms with Crippen LogP contribution in [0.2, 0.25) is 0 Å². The second kappa shape index (κ2) is 7.55. The molecule has 3 heterocycles. The number of nitrogens with zero attached hydrogens (tertiary/aromatic N) is 6. The fraction of sp³-hybridized carbons (Fsp3) is 0.842. The minimum absolute atomic E-state index is 0.0920. The Balaban J connectivity index is 1.34. The first-order valence-corrected chi connectivity index (χ1v) is 10.3. The summed E-state index contributed by atoms with van der Waals surface area (Å²) < 4.78 is 2.17. The summed E-state index contributed by atoms with van der Waals surface area (Å²) in [6.45, 7) is 4.30. The van der Waals surface area contributed by atoms with Crippen molar-refractivity contribution in [1.82, 2.24) is 24.6 Å². The van der Waals surface area contributed by atoms with E-state index in [0.717, 1.165) is 69.7 Å². The van der Waals surface area contributed by atoms with Gasteiger partial charge in [0.15, 0.2) is 0 Å². The van der Waals surface area contributed by atoms with Crippen molar-refractivity contribution in [2.24, 2.45) is 13.0 Å². The zero-order valence-electron chi connectivity index (χ0n) is 16.2. The summed E-state index contributed by atoms with van der Waals surface area (Å²) in [5.41, 5.74) is 0. The second-order valence-corrected chi connectivity index (χ2v) is 8.28. The molecule has 1 saturated carbocycles. The average Bonchev–Trinajstić information content (AvgIpc) is 3.38. The normalized spacial score (nSPS) is 25.4. The van der Waals surface area contributed by atoms with Gasteiger partial charge in [-0.3, -0.25) is 9.69 Å². The molecule has 7 heteroatoms. The molecule has 4 rings (SSSR count). The van der Waals surface area contributed by atoms with Crippen molar-refractivity contribution in [3.8, 4) is 0 Å². The van der Waals surface area contributed by atoms with Crippen LogP contribution in [0.3, 0.4) is 0 Å². The smallest absolute Gasteiger partial charge is 0.240 e. The molecule has 0 aromatic carbocycles.